The lowest BCUT2D eigenvalue weighted by Crippen LogP contribution is -2.47. The zero-order valence-electron chi connectivity index (χ0n) is 40.3. The quantitative estimate of drug-likeness (QED) is 0.188. The van der Waals surface area contributed by atoms with Gasteiger partial charge in [-0.15, -0.1) is 0 Å². The molecule has 314 valence electrons. The van der Waals surface area contributed by atoms with Gasteiger partial charge in [-0.1, -0.05) is 122 Å². The fourth-order valence-electron chi connectivity index (χ4n) is 4.24. The molecule has 55 heavy (non-hydrogen) atoms. The van der Waals surface area contributed by atoms with Crippen molar-refractivity contribution in [2.24, 2.45) is 0 Å². The van der Waals surface area contributed by atoms with E-state index in [9.17, 15) is 0 Å². The molecule has 2 rings (SSSR count). The first kappa shape index (κ1) is 49.4. The lowest BCUT2D eigenvalue weighted by atomic mass is 10.1. The van der Waals surface area contributed by atoms with Crippen LogP contribution in [0.4, 0.5) is 0 Å². The molecule has 0 atom stereocenters. The van der Waals surface area contributed by atoms with Gasteiger partial charge in [0, 0.05) is 0 Å². The highest BCUT2D eigenvalue weighted by atomic mass is 28.4. The zero-order chi connectivity index (χ0) is 43.2. The Labute approximate surface area is 345 Å². The van der Waals surface area contributed by atoms with Crippen molar-refractivity contribution >= 4 is 47.7 Å². The van der Waals surface area contributed by atoms with Gasteiger partial charge in [0.15, 0.2) is 5.75 Å². The summed E-state index contributed by atoms with van der Waals surface area (Å²) in [5.41, 5.74) is 2.22. The Bertz CT molecular complexity index is 1610. The Kier molecular flexibility index (Phi) is 14.5. The Morgan fingerprint density at radius 3 is 1.05 bits per heavy atom. The molecule has 0 saturated heterocycles. The minimum Gasteiger partial charge on any atom is -0.541 e. The van der Waals surface area contributed by atoms with Crippen molar-refractivity contribution in [1.29, 1.82) is 0 Å². The molecular weight excluding hydrogens is 761 g/mol. The van der Waals surface area contributed by atoms with Gasteiger partial charge in [-0.05, 0) is 132 Å². The van der Waals surface area contributed by atoms with Crippen LogP contribution in [-0.2, 0) is 6.42 Å². The highest BCUT2D eigenvalue weighted by Crippen LogP contribution is 2.50. The van der Waals surface area contributed by atoms with Crippen LogP contribution in [0.5, 0.6) is 28.7 Å². The van der Waals surface area contributed by atoms with Crippen LogP contribution in [0, 0.1) is 0 Å². The van der Waals surface area contributed by atoms with Gasteiger partial charge in [0.1, 0.15) is 23.0 Å². The maximum atomic E-state index is 7.21. The minimum atomic E-state index is -2.27. The Morgan fingerprint density at radius 2 is 0.709 bits per heavy atom. The topological polar surface area (TPSA) is 46.2 Å². The first-order valence-corrected chi connectivity index (χ1v) is 35.1. The van der Waals surface area contributed by atoms with Crippen LogP contribution in [0.3, 0.4) is 0 Å². The maximum Gasteiger partial charge on any atom is 0.250 e. The summed E-state index contributed by atoms with van der Waals surface area (Å²) in [6.45, 7) is 57.3. The number of benzene rings is 2. The van der Waals surface area contributed by atoms with Crippen LogP contribution < -0.4 is 22.1 Å². The predicted octanol–water partition coefficient (Wildman–Crippen LogP) is 15.9. The summed E-state index contributed by atoms with van der Waals surface area (Å²) in [7, 11) is -11.0. The van der Waals surface area contributed by atoms with E-state index in [1.165, 1.54) is 5.56 Å². The third kappa shape index (κ3) is 12.4. The third-order valence-electron chi connectivity index (χ3n) is 13.6. The van der Waals surface area contributed by atoms with E-state index in [1.807, 2.05) is 0 Å². The Hall–Kier alpha value is -1.74. The lowest BCUT2D eigenvalue weighted by Gasteiger charge is -2.42. The standard InChI is InChI=1S/C45H84O5Si5/c1-41(2,3)51(16,17)46-36-30-29-34(31-37(36)47-52(18,19)42(4,5)6)27-26-28-35-32-38(48-53(20,21)43(7,8)9)40(50-55(24,25)45(13,14)15)39(33-35)49-54(22,23)44(10,11)12/h26,28-33H,27H2,1-25H3/b28-26-. The van der Waals surface area contributed by atoms with Gasteiger partial charge in [-0.25, -0.2) is 0 Å². The number of allylic oxidation sites excluding steroid dienone is 1. The molecule has 0 bridgehead atoms. The molecule has 0 amide bonds. The summed E-state index contributed by atoms with van der Waals surface area (Å²) >= 11 is 0. The molecule has 0 spiro atoms. The number of hydrogen-bond donors (Lipinski definition) is 0. The monoisotopic (exact) mass is 845 g/mol. The fraction of sp³-hybridized carbons (Fsp3) is 0.689. The minimum absolute atomic E-state index is 0.00644. The van der Waals surface area contributed by atoms with Gasteiger partial charge in [0.05, 0.1) is 0 Å². The average Bonchev–Trinajstić information content (AvgIpc) is 2.92. The van der Waals surface area contributed by atoms with Crippen LogP contribution in [-0.4, -0.2) is 41.6 Å². The molecule has 5 nitrogen and oxygen atoms in total. The van der Waals surface area contributed by atoms with Gasteiger partial charge in [-0.3, -0.25) is 0 Å². The second kappa shape index (κ2) is 16.1. The molecule has 10 heteroatoms. The van der Waals surface area contributed by atoms with E-state index in [0.29, 0.717) is 0 Å². The van der Waals surface area contributed by atoms with Crippen LogP contribution >= 0.6 is 0 Å². The fourth-order valence-corrected chi connectivity index (χ4v) is 9.31. The molecule has 0 saturated carbocycles. The van der Waals surface area contributed by atoms with Crippen LogP contribution in [0.15, 0.2) is 36.4 Å². The molecule has 0 aliphatic rings. The van der Waals surface area contributed by atoms with Crippen LogP contribution in [0.2, 0.25) is 90.7 Å². The van der Waals surface area contributed by atoms with Crippen LogP contribution in [0.25, 0.3) is 6.08 Å². The number of hydrogen-bond acceptors (Lipinski definition) is 5. The molecule has 0 unspecified atom stereocenters. The molecule has 0 aromatic heterocycles. The second-order valence-corrected chi connectivity index (χ2v) is 47.2. The van der Waals surface area contributed by atoms with Gasteiger partial charge in [-0.2, -0.15) is 0 Å². The summed E-state index contributed by atoms with van der Waals surface area (Å²) < 4.78 is 35.5. The van der Waals surface area contributed by atoms with E-state index in [-0.39, 0.29) is 25.2 Å². The first-order valence-electron chi connectivity index (χ1n) is 20.6. The lowest BCUT2D eigenvalue weighted by molar-refractivity contribution is 0.412. The summed E-state index contributed by atoms with van der Waals surface area (Å²) in [4.78, 5) is 0. The largest absolute Gasteiger partial charge is 0.541 e. The summed E-state index contributed by atoms with van der Waals surface area (Å²) in [5.74, 6) is 4.09. The van der Waals surface area contributed by atoms with E-state index in [1.54, 1.807) is 0 Å². The Morgan fingerprint density at radius 1 is 0.400 bits per heavy atom. The van der Waals surface area contributed by atoms with Crippen molar-refractivity contribution in [2.45, 2.75) is 201 Å². The van der Waals surface area contributed by atoms with Gasteiger partial charge < -0.3 is 22.1 Å². The maximum absolute atomic E-state index is 7.21. The van der Waals surface area contributed by atoms with Crippen molar-refractivity contribution < 1.29 is 22.1 Å². The molecule has 0 radical (unpaired) electrons. The summed E-state index contributed by atoms with van der Waals surface area (Å²) in [6, 6.07) is 10.9. The smallest absolute Gasteiger partial charge is 0.250 e. The molecule has 0 aliphatic carbocycles. The zero-order valence-corrected chi connectivity index (χ0v) is 45.3. The van der Waals surface area contributed by atoms with E-state index in [2.05, 4.69) is 212 Å². The number of rotatable bonds is 13. The first-order chi connectivity index (χ1) is 24.1. The van der Waals surface area contributed by atoms with E-state index in [4.69, 9.17) is 22.1 Å². The average molecular weight is 846 g/mol. The van der Waals surface area contributed by atoms with Gasteiger partial charge >= 0.3 is 0 Å². The second-order valence-electron chi connectivity index (χ2n) is 23.5. The summed E-state index contributed by atoms with van der Waals surface area (Å²) in [5, 5.41) is 0.170. The van der Waals surface area contributed by atoms with Crippen molar-refractivity contribution in [3.63, 3.8) is 0 Å². The van der Waals surface area contributed by atoms with E-state index in [0.717, 1.165) is 40.7 Å². The normalized spacial score (nSPS) is 14.6. The van der Waals surface area contributed by atoms with Crippen molar-refractivity contribution in [3.05, 3.63) is 47.5 Å². The molecule has 0 aliphatic heterocycles. The third-order valence-corrected chi connectivity index (χ3v) is 35.3. The highest BCUT2D eigenvalue weighted by molar-refractivity contribution is 6.77. The SMILES string of the molecule is CC(C)(C)[Si](C)(C)Oc1ccc(C/C=C\c2cc(O[Si](C)(C)C(C)(C)C)c(O[Si](C)(C)C(C)(C)C)c(O[Si](C)(C)C(C)(C)C)c2)cc1O[Si](C)(C)C(C)(C)C. The molecule has 2 aromatic rings. The van der Waals surface area contributed by atoms with Gasteiger partial charge in [0.25, 0.3) is 41.6 Å². The van der Waals surface area contributed by atoms with Crippen molar-refractivity contribution in [3.8, 4) is 28.7 Å². The van der Waals surface area contributed by atoms with Crippen molar-refractivity contribution in [2.75, 3.05) is 0 Å². The van der Waals surface area contributed by atoms with Gasteiger partial charge in [0.2, 0.25) is 0 Å². The predicted molar refractivity (Wildman–Crippen MR) is 255 cm³/mol. The van der Waals surface area contributed by atoms with E-state index < -0.39 is 41.6 Å². The van der Waals surface area contributed by atoms with Crippen molar-refractivity contribution in [1.82, 2.24) is 0 Å². The van der Waals surface area contributed by atoms with E-state index >= 15 is 0 Å². The Balaban J connectivity index is 2.80. The molecule has 0 fully saturated rings. The highest BCUT2D eigenvalue weighted by Gasteiger charge is 2.46. The molecule has 0 N–H and O–H groups in total. The molecule has 0 heterocycles. The molecular formula is C45H84O5Si5. The van der Waals surface area contributed by atoms with Crippen LogP contribution in [0.1, 0.15) is 115 Å². The summed E-state index contributed by atoms with van der Waals surface area (Å²) in [6.07, 6.45) is 5.20. The molecule has 2 aromatic carbocycles.